The Morgan fingerprint density at radius 3 is 2.73 bits per heavy atom. The number of carbonyl (C=O) groups excluding carboxylic acids is 1. The minimum absolute atomic E-state index is 0.0612. The lowest BCUT2D eigenvalue weighted by atomic mass is 9.95. The number of benzene rings is 1. The predicted molar refractivity (Wildman–Crippen MR) is 95.0 cm³/mol. The summed E-state index contributed by atoms with van der Waals surface area (Å²) in [5.74, 6) is -1.87. The molecule has 1 atom stereocenters. The standard InChI is InChI=1S/C18H19F2N3O2S/c19-13-2-1-11(9-14(13)20)15-10-26-18(21-15)22-17(24)16-3-6-23(16)12-4-7-25-8-5-12/h1-2,9-10,12,16H,3-8H2,(H,21,22,24)/t16-/m0/s1. The quantitative estimate of drug-likeness (QED) is 0.886. The zero-order valence-corrected chi connectivity index (χ0v) is 14.9. The second-order valence-corrected chi connectivity index (χ2v) is 7.40. The van der Waals surface area contributed by atoms with Gasteiger partial charge in [0.15, 0.2) is 16.8 Å². The number of ether oxygens (including phenoxy) is 1. The highest BCUT2D eigenvalue weighted by molar-refractivity contribution is 7.14. The lowest BCUT2D eigenvalue weighted by Crippen LogP contribution is -2.59. The van der Waals surface area contributed by atoms with E-state index < -0.39 is 11.6 Å². The van der Waals surface area contributed by atoms with Crippen LogP contribution in [0.25, 0.3) is 11.3 Å². The minimum atomic E-state index is -0.914. The van der Waals surface area contributed by atoms with Crippen molar-refractivity contribution in [2.75, 3.05) is 25.1 Å². The molecular weight excluding hydrogens is 360 g/mol. The molecule has 2 aliphatic rings. The molecule has 0 saturated carbocycles. The Hall–Kier alpha value is -1.90. The number of anilines is 1. The van der Waals surface area contributed by atoms with Crippen molar-refractivity contribution in [1.82, 2.24) is 9.88 Å². The molecule has 2 fully saturated rings. The van der Waals surface area contributed by atoms with Crippen LogP contribution in [0.1, 0.15) is 19.3 Å². The smallest absolute Gasteiger partial charge is 0.243 e. The number of thiazole rings is 1. The molecule has 2 aromatic rings. The molecule has 2 aliphatic heterocycles. The Morgan fingerprint density at radius 1 is 1.23 bits per heavy atom. The van der Waals surface area contributed by atoms with Crippen LogP contribution in [0.2, 0.25) is 0 Å². The molecule has 2 saturated heterocycles. The fraction of sp³-hybridized carbons (Fsp3) is 0.444. The van der Waals surface area contributed by atoms with Crippen molar-refractivity contribution in [1.29, 1.82) is 0 Å². The third-order valence-electron chi connectivity index (χ3n) is 4.97. The van der Waals surface area contributed by atoms with E-state index in [0.717, 1.165) is 51.2 Å². The summed E-state index contributed by atoms with van der Waals surface area (Å²) in [7, 11) is 0. The van der Waals surface area contributed by atoms with Crippen LogP contribution in [-0.4, -0.2) is 47.6 Å². The van der Waals surface area contributed by atoms with Gasteiger partial charge in [0.05, 0.1) is 11.7 Å². The van der Waals surface area contributed by atoms with Gasteiger partial charge in [-0.3, -0.25) is 9.69 Å². The summed E-state index contributed by atoms with van der Waals surface area (Å²) in [6.07, 6.45) is 2.76. The van der Waals surface area contributed by atoms with Gasteiger partial charge in [-0.1, -0.05) is 0 Å². The molecule has 1 amide bonds. The number of likely N-dealkylation sites (tertiary alicyclic amines) is 1. The Labute approximate surface area is 154 Å². The maximum atomic E-state index is 13.4. The number of hydrogen-bond acceptors (Lipinski definition) is 5. The van der Waals surface area contributed by atoms with Gasteiger partial charge in [0, 0.05) is 36.7 Å². The zero-order chi connectivity index (χ0) is 18.1. The summed E-state index contributed by atoms with van der Waals surface area (Å²) in [6, 6.07) is 3.92. The molecule has 0 bridgehead atoms. The van der Waals surface area contributed by atoms with E-state index in [0.29, 0.717) is 22.4 Å². The predicted octanol–water partition coefficient (Wildman–Crippen LogP) is 3.28. The fourth-order valence-corrected chi connectivity index (χ4v) is 4.17. The van der Waals surface area contributed by atoms with Crippen molar-refractivity contribution < 1.29 is 18.3 Å². The third kappa shape index (κ3) is 3.49. The zero-order valence-electron chi connectivity index (χ0n) is 14.1. The lowest BCUT2D eigenvalue weighted by Gasteiger charge is -2.46. The number of amides is 1. The molecule has 26 heavy (non-hydrogen) atoms. The number of nitrogens with one attached hydrogen (secondary N) is 1. The van der Waals surface area contributed by atoms with Crippen molar-refractivity contribution in [2.24, 2.45) is 0 Å². The van der Waals surface area contributed by atoms with E-state index in [2.05, 4.69) is 15.2 Å². The van der Waals surface area contributed by atoms with Crippen LogP contribution >= 0.6 is 11.3 Å². The average molecular weight is 379 g/mol. The SMILES string of the molecule is O=C(Nc1nc(-c2ccc(F)c(F)c2)cs1)[C@@H]1CCN1C1CCOCC1. The molecule has 0 aliphatic carbocycles. The van der Waals surface area contributed by atoms with E-state index in [1.165, 1.54) is 17.4 Å². The number of nitrogens with zero attached hydrogens (tertiary/aromatic N) is 2. The number of aromatic nitrogens is 1. The van der Waals surface area contributed by atoms with Crippen LogP contribution in [0.4, 0.5) is 13.9 Å². The maximum absolute atomic E-state index is 13.4. The van der Waals surface area contributed by atoms with E-state index in [9.17, 15) is 13.6 Å². The van der Waals surface area contributed by atoms with E-state index >= 15 is 0 Å². The molecule has 0 radical (unpaired) electrons. The summed E-state index contributed by atoms with van der Waals surface area (Å²) < 4.78 is 31.8. The van der Waals surface area contributed by atoms with Gasteiger partial charge in [0.2, 0.25) is 5.91 Å². The number of carbonyl (C=O) groups is 1. The van der Waals surface area contributed by atoms with E-state index in [4.69, 9.17) is 4.74 Å². The van der Waals surface area contributed by atoms with Crippen LogP contribution in [-0.2, 0) is 9.53 Å². The molecule has 4 rings (SSSR count). The van der Waals surface area contributed by atoms with Crippen LogP contribution in [0.5, 0.6) is 0 Å². The van der Waals surface area contributed by atoms with Gasteiger partial charge >= 0.3 is 0 Å². The summed E-state index contributed by atoms with van der Waals surface area (Å²) in [6.45, 7) is 2.43. The topological polar surface area (TPSA) is 54.5 Å². The third-order valence-corrected chi connectivity index (χ3v) is 5.73. The molecule has 8 heteroatoms. The average Bonchev–Trinajstić information content (AvgIpc) is 3.05. The van der Waals surface area contributed by atoms with E-state index in [1.807, 2.05) is 0 Å². The summed E-state index contributed by atoms with van der Waals surface area (Å²) in [5, 5.41) is 5.04. The normalized spacial score (nSPS) is 21.4. The maximum Gasteiger partial charge on any atom is 0.243 e. The molecule has 138 valence electrons. The highest BCUT2D eigenvalue weighted by atomic mass is 32.1. The fourth-order valence-electron chi connectivity index (χ4n) is 3.45. The van der Waals surface area contributed by atoms with Gasteiger partial charge in [0.25, 0.3) is 0 Å². The Balaban J connectivity index is 1.40. The van der Waals surface area contributed by atoms with Crippen LogP contribution < -0.4 is 5.32 Å². The second kappa shape index (κ2) is 7.38. The largest absolute Gasteiger partial charge is 0.381 e. The molecule has 0 unspecified atom stereocenters. The van der Waals surface area contributed by atoms with Gasteiger partial charge in [-0.2, -0.15) is 0 Å². The lowest BCUT2D eigenvalue weighted by molar-refractivity contribution is -0.129. The number of rotatable bonds is 4. The molecule has 5 nitrogen and oxygen atoms in total. The Bertz CT molecular complexity index is 807. The first kappa shape index (κ1) is 17.5. The van der Waals surface area contributed by atoms with Crippen molar-refractivity contribution in [2.45, 2.75) is 31.3 Å². The summed E-state index contributed by atoms with van der Waals surface area (Å²) >= 11 is 1.27. The first-order valence-electron chi connectivity index (χ1n) is 8.67. The van der Waals surface area contributed by atoms with Gasteiger partial charge in [0.1, 0.15) is 0 Å². The van der Waals surface area contributed by atoms with E-state index in [-0.39, 0.29) is 11.9 Å². The van der Waals surface area contributed by atoms with Crippen LogP contribution in [0.3, 0.4) is 0 Å². The number of halogens is 2. The van der Waals surface area contributed by atoms with Gasteiger partial charge < -0.3 is 10.1 Å². The molecular formula is C18H19F2N3O2S. The summed E-state index contributed by atoms with van der Waals surface area (Å²) in [4.78, 5) is 19.1. The molecule has 0 spiro atoms. The van der Waals surface area contributed by atoms with Crippen molar-refractivity contribution in [3.8, 4) is 11.3 Å². The number of hydrogen-bond donors (Lipinski definition) is 1. The first-order valence-corrected chi connectivity index (χ1v) is 9.55. The highest BCUT2D eigenvalue weighted by Crippen LogP contribution is 2.29. The Kier molecular flexibility index (Phi) is 4.97. The van der Waals surface area contributed by atoms with E-state index in [1.54, 1.807) is 5.38 Å². The first-order chi connectivity index (χ1) is 12.6. The Morgan fingerprint density at radius 2 is 2.04 bits per heavy atom. The van der Waals surface area contributed by atoms with Crippen LogP contribution in [0.15, 0.2) is 23.6 Å². The van der Waals surface area contributed by atoms with Crippen molar-refractivity contribution in [3.63, 3.8) is 0 Å². The molecule has 3 heterocycles. The van der Waals surface area contributed by atoms with Crippen LogP contribution in [0, 0.1) is 11.6 Å². The van der Waals surface area contributed by atoms with Crippen molar-refractivity contribution >= 4 is 22.4 Å². The molecule has 1 aromatic heterocycles. The second-order valence-electron chi connectivity index (χ2n) is 6.54. The minimum Gasteiger partial charge on any atom is -0.381 e. The monoisotopic (exact) mass is 379 g/mol. The van der Waals surface area contributed by atoms with Gasteiger partial charge in [-0.25, -0.2) is 13.8 Å². The molecule has 1 N–H and O–H groups in total. The summed E-state index contributed by atoms with van der Waals surface area (Å²) in [5.41, 5.74) is 0.993. The van der Waals surface area contributed by atoms with Gasteiger partial charge in [-0.15, -0.1) is 11.3 Å². The van der Waals surface area contributed by atoms with Gasteiger partial charge in [-0.05, 0) is 37.5 Å². The molecule has 1 aromatic carbocycles. The highest BCUT2D eigenvalue weighted by Gasteiger charge is 2.39. The van der Waals surface area contributed by atoms with Crippen molar-refractivity contribution in [3.05, 3.63) is 35.2 Å².